The second-order valence-electron chi connectivity index (χ2n) is 7.01. The van der Waals surface area contributed by atoms with Gasteiger partial charge in [0.05, 0.1) is 22.5 Å². The number of nitrogens with two attached hydrogens (primary N) is 1. The van der Waals surface area contributed by atoms with Crippen LogP contribution in [0.5, 0.6) is 0 Å². The molecule has 5 rings (SSSR count). The number of nitrogens with zero attached hydrogens (tertiary/aromatic N) is 3. The average Bonchev–Trinajstić information content (AvgIpc) is 3.40. The summed E-state index contributed by atoms with van der Waals surface area (Å²) in [7, 11) is -3.76. The van der Waals surface area contributed by atoms with Crippen molar-refractivity contribution >= 4 is 40.5 Å². The van der Waals surface area contributed by atoms with Crippen molar-refractivity contribution in [3.63, 3.8) is 0 Å². The van der Waals surface area contributed by atoms with Crippen LogP contribution < -0.4 is 5.14 Å². The smallest absolute Gasteiger partial charge is 0.238 e. The average molecular weight is 506 g/mol. The predicted molar refractivity (Wildman–Crippen MR) is 129 cm³/mol. The van der Waals surface area contributed by atoms with E-state index >= 15 is 0 Å². The number of primary sulfonamides is 1. The minimum atomic E-state index is -3.76. The van der Waals surface area contributed by atoms with Gasteiger partial charge in [-0.15, -0.1) is 24.8 Å². The molecule has 33 heavy (non-hydrogen) atoms. The highest BCUT2D eigenvalue weighted by Crippen LogP contribution is 2.31. The Bertz CT molecular complexity index is 1510. The first-order valence-corrected chi connectivity index (χ1v) is 10.9. The maximum absolute atomic E-state index is 13.3. The summed E-state index contributed by atoms with van der Waals surface area (Å²) in [6.45, 7) is 0. The molecule has 0 amide bonds. The van der Waals surface area contributed by atoms with E-state index in [0.29, 0.717) is 5.69 Å². The second kappa shape index (κ2) is 9.32. The summed E-state index contributed by atoms with van der Waals surface area (Å²) in [5.41, 5.74) is 5.58. The van der Waals surface area contributed by atoms with E-state index in [9.17, 15) is 12.8 Å². The summed E-state index contributed by atoms with van der Waals surface area (Å²) < 4.78 is 38.3. The minimum Gasteiger partial charge on any atom is -0.299 e. The molecule has 0 aliphatic heterocycles. The van der Waals surface area contributed by atoms with Gasteiger partial charge in [0.15, 0.2) is 0 Å². The summed E-state index contributed by atoms with van der Waals surface area (Å²) >= 11 is 0. The number of hydrogen-bond acceptors (Lipinski definition) is 4. The molecular weight excluding hydrogens is 488 g/mol. The normalized spacial score (nSPS) is 11.1. The van der Waals surface area contributed by atoms with Gasteiger partial charge in [-0.2, -0.15) is 5.10 Å². The summed E-state index contributed by atoms with van der Waals surface area (Å²) in [5, 5.41) is 12.4. The van der Waals surface area contributed by atoms with E-state index in [1.807, 2.05) is 22.7 Å². The van der Waals surface area contributed by atoms with Crippen LogP contribution in [0.3, 0.4) is 0 Å². The van der Waals surface area contributed by atoms with Crippen LogP contribution in [0.1, 0.15) is 0 Å². The monoisotopic (exact) mass is 505 g/mol. The fourth-order valence-corrected chi connectivity index (χ4v) is 4.02. The Hall–Kier alpha value is -3.24. The van der Waals surface area contributed by atoms with Crippen molar-refractivity contribution in [1.29, 1.82) is 0 Å². The van der Waals surface area contributed by atoms with Crippen LogP contribution in [-0.4, -0.2) is 28.0 Å². The van der Waals surface area contributed by atoms with Crippen LogP contribution in [0, 0.1) is 5.82 Å². The molecule has 0 bridgehead atoms. The summed E-state index contributed by atoms with van der Waals surface area (Å²) in [5.74, 6) is -0.307. The van der Waals surface area contributed by atoms with Gasteiger partial charge in [0.25, 0.3) is 0 Å². The summed E-state index contributed by atoms with van der Waals surface area (Å²) in [6, 6.07) is 16.3. The van der Waals surface area contributed by atoms with Gasteiger partial charge in [0, 0.05) is 34.6 Å². The maximum Gasteiger partial charge on any atom is 0.238 e. The fourth-order valence-electron chi connectivity index (χ4n) is 3.51. The number of sulfonamides is 1. The molecule has 7 nitrogen and oxygen atoms in total. The molecule has 5 aromatic rings. The number of nitrogens with one attached hydrogen (secondary N) is 1. The molecule has 0 aliphatic carbocycles. The Morgan fingerprint density at radius 1 is 0.879 bits per heavy atom. The SMILES string of the molecule is Cl.Cl.NS(=O)(=O)c1ccc(-c2cnc3ccc(-c4c[nH]nc4-c4ccc(F)cc4)cn23)cc1. The summed E-state index contributed by atoms with van der Waals surface area (Å²) in [6.07, 6.45) is 5.45. The molecule has 0 unspecified atom stereocenters. The lowest BCUT2D eigenvalue weighted by Gasteiger charge is -2.07. The summed E-state index contributed by atoms with van der Waals surface area (Å²) in [4.78, 5) is 4.48. The van der Waals surface area contributed by atoms with E-state index in [2.05, 4.69) is 15.2 Å². The molecule has 2 aromatic carbocycles. The first-order valence-electron chi connectivity index (χ1n) is 9.30. The van der Waals surface area contributed by atoms with Crippen molar-refractivity contribution in [2.45, 2.75) is 4.90 Å². The molecular formula is C22H18Cl2FN5O2S. The number of halogens is 3. The first-order chi connectivity index (χ1) is 14.9. The lowest BCUT2D eigenvalue weighted by Crippen LogP contribution is -2.11. The molecule has 0 aliphatic rings. The predicted octanol–water partition coefficient (Wildman–Crippen LogP) is 4.69. The Balaban J connectivity index is 0.00000153. The Labute approximate surface area is 201 Å². The van der Waals surface area contributed by atoms with Gasteiger partial charge in [-0.3, -0.25) is 9.50 Å². The molecule has 0 spiro atoms. The molecule has 0 fully saturated rings. The number of fused-ring (bicyclic) bond motifs is 1. The lowest BCUT2D eigenvalue weighted by atomic mass is 10.0. The molecule has 0 saturated carbocycles. The lowest BCUT2D eigenvalue weighted by molar-refractivity contribution is 0.598. The van der Waals surface area contributed by atoms with Crippen molar-refractivity contribution < 1.29 is 12.8 Å². The number of aromatic amines is 1. The van der Waals surface area contributed by atoms with Gasteiger partial charge < -0.3 is 0 Å². The Morgan fingerprint density at radius 3 is 2.18 bits per heavy atom. The van der Waals surface area contributed by atoms with E-state index in [-0.39, 0.29) is 35.5 Å². The van der Waals surface area contributed by atoms with Gasteiger partial charge >= 0.3 is 0 Å². The van der Waals surface area contributed by atoms with Crippen LogP contribution in [0.2, 0.25) is 0 Å². The van der Waals surface area contributed by atoms with E-state index < -0.39 is 10.0 Å². The standard InChI is InChI=1S/C22H16FN5O2S.2ClH/c23-17-6-1-15(2-7-17)22-19(11-26-27-22)16-5-10-21-25-12-20(28(21)13-16)14-3-8-18(9-4-14)31(24,29)30;;/h1-13H,(H,26,27)(H2,24,29,30);2*1H. The molecule has 3 heterocycles. The van der Waals surface area contributed by atoms with E-state index in [4.69, 9.17) is 5.14 Å². The Morgan fingerprint density at radius 2 is 1.52 bits per heavy atom. The maximum atomic E-state index is 13.3. The molecule has 3 N–H and O–H groups in total. The van der Waals surface area contributed by atoms with Crippen molar-refractivity contribution in [3.8, 4) is 33.6 Å². The highest BCUT2D eigenvalue weighted by Gasteiger charge is 2.14. The largest absolute Gasteiger partial charge is 0.299 e. The van der Waals surface area contributed by atoms with Gasteiger partial charge in [0.1, 0.15) is 11.5 Å². The van der Waals surface area contributed by atoms with E-state index in [1.54, 1.807) is 36.7 Å². The molecule has 0 atom stereocenters. The van der Waals surface area contributed by atoms with Crippen LogP contribution >= 0.6 is 24.8 Å². The third-order valence-electron chi connectivity index (χ3n) is 5.05. The minimum absolute atomic E-state index is 0. The first kappa shape index (κ1) is 24.4. The van der Waals surface area contributed by atoms with E-state index in [1.165, 1.54) is 24.3 Å². The topological polar surface area (TPSA) is 106 Å². The van der Waals surface area contributed by atoms with Gasteiger partial charge in [-0.25, -0.2) is 22.9 Å². The molecule has 0 saturated heterocycles. The quantitative estimate of drug-likeness (QED) is 0.369. The third-order valence-corrected chi connectivity index (χ3v) is 5.98. The fraction of sp³-hybridized carbons (Fsp3) is 0. The van der Waals surface area contributed by atoms with Crippen LogP contribution in [0.15, 0.2) is 84.1 Å². The van der Waals surface area contributed by atoms with Crippen molar-refractivity contribution in [3.05, 3.63) is 85.1 Å². The zero-order valence-corrected chi connectivity index (χ0v) is 19.3. The third kappa shape index (κ3) is 4.62. The van der Waals surface area contributed by atoms with Gasteiger partial charge in [-0.05, 0) is 48.5 Å². The van der Waals surface area contributed by atoms with Crippen LogP contribution in [0.25, 0.3) is 39.3 Å². The molecule has 11 heteroatoms. The number of rotatable bonds is 4. The number of hydrogen-bond donors (Lipinski definition) is 2. The second-order valence-corrected chi connectivity index (χ2v) is 8.57. The van der Waals surface area contributed by atoms with Crippen LogP contribution in [0.4, 0.5) is 4.39 Å². The number of H-pyrrole nitrogens is 1. The van der Waals surface area contributed by atoms with Gasteiger partial charge in [0.2, 0.25) is 10.0 Å². The number of imidazole rings is 1. The van der Waals surface area contributed by atoms with Gasteiger partial charge in [-0.1, -0.05) is 12.1 Å². The van der Waals surface area contributed by atoms with Crippen LogP contribution in [-0.2, 0) is 10.0 Å². The van der Waals surface area contributed by atoms with E-state index in [0.717, 1.165) is 33.6 Å². The highest BCUT2D eigenvalue weighted by atomic mass is 35.5. The highest BCUT2D eigenvalue weighted by molar-refractivity contribution is 7.89. The Kier molecular flexibility index (Phi) is 6.89. The molecule has 3 aromatic heterocycles. The number of aromatic nitrogens is 4. The van der Waals surface area contributed by atoms with Crippen molar-refractivity contribution in [2.24, 2.45) is 5.14 Å². The van der Waals surface area contributed by atoms with Crippen molar-refractivity contribution in [1.82, 2.24) is 19.6 Å². The van der Waals surface area contributed by atoms with Crippen molar-refractivity contribution in [2.75, 3.05) is 0 Å². The number of benzene rings is 2. The molecule has 170 valence electrons. The zero-order valence-electron chi connectivity index (χ0n) is 16.8. The zero-order chi connectivity index (χ0) is 21.6. The number of pyridine rings is 1. The molecule has 0 radical (unpaired) electrons.